The van der Waals surface area contributed by atoms with E-state index in [1.807, 2.05) is 0 Å². The summed E-state index contributed by atoms with van der Waals surface area (Å²) in [5, 5.41) is 2.74. The maximum atomic E-state index is 12.8. The molecule has 0 saturated carbocycles. The third-order valence-corrected chi connectivity index (χ3v) is 4.53. The summed E-state index contributed by atoms with van der Waals surface area (Å²) >= 11 is 1.60. The summed E-state index contributed by atoms with van der Waals surface area (Å²) in [4.78, 5) is 26.2. The molecule has 1 atom stereocenters. The van der Waals surface area contributed by atoms with Crippen LogP contribution in [-0.2, 0) is 9.59 Å². The second-order valence-corrected chi connectivity index (χ2v) is 6.13. The summed E-state index contributed by atoms with van der Waals surface area (Å²) in [5.74, 6) is 0.491. The zero-order valence-corrected chi connectivity index (χ0v) is 12.8. The summed E-state index contributed by atoms with van der Waals surface area (Å²) in [6.45, 7) is 2.86. The van der Waals surface area contributed by atoms with E-state index in [2.05, 4.69) is 5.32 Å². The molecule has 1 aromatic carbocycles. The molecular formula is C15H19FN2O2S. The number of benzene rings is 1. The number of thioether (sulfide) groups is 1. The van der Waals surface area contributed by atoms with Gasteiger partial charge in [0.25, 0.3) is 0 Å². The van der Waals surface area contributed by atoms with Crippen molar-refractivity contribution < 1.29 is 14.0 Å². The molecule has 21 heavy (non-hydrogen) atoms. The number of nitrogens with one attached hydrogen (secondary N) is 1. The smallest absolute Gasteiger partial charge is 0.242 e. The van der Waals surface area contributed by atoms with Crippen LogP contribution in [0.5, 0.6) is 0 Å². The van der Waals surface area contributed by atoms with Gasteiger partial charge < -0.3 is 10.2 Å². The Morgan fingerprint density at radius 2 is 2.14 bits per heavy atom. The van der Waals surface area contributed by atoms with E-state index < -0.39 is 0 Å². The molecule has 1 N–H and O–H groups in total. The highest BCUT2D eigenvalue weighted by atomic mass is 32.2. The Kier molecular flexibility index (Phi) is 5.61. The van der Waals surface area contributed by atoms with Crippen LogP contribution in [0.15, 0.2) is 29.2 Å². The van der Waals surface area contributed by atoms with Crippen molar-refractivity contribution in [1.82, 2.24) is 10.2 Å². The number of carbonyl (C=O) groups excluding carboxylic acids is 2. The van der Waals surface area contributed by atoms with Crippen LogP contribution in [0.4, 0.5) is 4.39 Å². The lowest BCUT2D eigenvalue weighted by Gasteiger charge is -2.32. The van der Waals surface area contributed by atoms with E-state index >= 15 is 0 Å². The van der Waals surface area contributed by atoms with E-state index in [1.165, 1.54) is 12.1 Å². The van der Waals surface area contributed by atoms with Gasteiger partial charge in [0, 0.05) is 24.4 Å². The minimum atomic E-state index is -0.379. The third-order valence-electron chi connectivity index (χ3n) is 3.44. The number of amides is 2. The molecule has 1 saturated heterocycles. The predicted octanol–water partition coefficient (Wildman–Crippen LogP) is 2.04. The van der Waals surface area contributed by atoms with Crippen LogP contribution in [0.25, 0.3) is 0 Å². The van der Waals surface area contributed by atoms with Gasteiger partial charge in [-0.15, -0.1) is 11.8 Å². The summed E-state index contributed by atoms with van der Waals surface area (Å²) < 4.78 is 12.8. The first-order valence-electron chi connectivity index (χ1n) is 7.03. The zero-order valence-electron chi connectivity index (χ0n) is 12.0. The van der Waals surface area contributed by atoms with Gasteiger partial charge in [0.05, 0.1) is 0 Å². The topological polar surface area (TPSA) is 49.4 Å². The number of hydrogen-bond donors (Lipinski definition) is 1. The van der Waals surface area contributed by atoms with E-state index in [1.54, 1.807) is 35.7 Å². The molecule has 0 aliphatic carbocycles. The van der Waals surface area contributed by atoms with Crippen molar-refractivity contribution in [3.8, 4) is 0 Å². The molecule has 114 valence electrons. The van der Waals surface area contributed by atoms with Crippen molar-refractivity contribution >= 4 is 23.6 Å². The molecule has 6 heteroatoms. The molecule has 2 amide bonds. The van der Waals surface area contributed by atoms with Crippen molar-refractivity contribution in [3.05, 3.63) is 30.1 Å². The standard InChI is InChI=1S/C15H19FN2O2S/c1-11-15(20)17-8-9-18(11)14(19)3-2-10-21-13-6-4-12(16)5-7-13/h4-7,11H,2-3,8-10H2,1H3,(H,17,20)/t11-/m1/s1. The molecule has 0 bridgehead atoms. The van der Waals surface area contributed by atoms with Gasteiger partial charge >= 0.3 is 0 Å². The molecule has 1 aliphatic heterocycles. The van der Waals surface area contributed by atoms with Crippen LogP contribution in [0, 0.1) is 5.82 Å². The lowest BCUT2D eigenvalue weighted by atomic mass is 10.2. The molecule has 1 fully saturated rings. The fourth-order valence-electron chi connectivity index (χ4n) is 2.21. The van der Waals surface area contributed by atoms with Crippen molar-refractivity contribution in [2.24, 2.45) is 0 Å². The third kappa shape index (κ3) is 4.46. The van der Waals surface area contributed by atoms with E-state index in [0.29, 0.717) is 19.5 Å². The Bertz CT molecular complexity index is 507. The quantitative estimate of drug-likeness (QED) is 0.669. The summed E-state index contributed by atoms with van der Waals surface area (Å²) in [5.41, 5.74) is 0. The average molecular weight is 310 g/mol. The van der Waals surface area contributed by atoms with E-state index in [-0.39, 0.29) is 23.7 Å². The molecule has 0 radical (unpaired) electrons. The Morgan fingerprint density at radius 1 is 1.43 bits per heavy atom. The van der Waals surface area contributed by atoms with Crippen molar-refractivity contribution in [2.45, 2.75) is 30.7 Å². The monoisotopic (exact) mass is 310 g/mol. The maximum absolute atomic E-state index is 12.8. The first-order chi connectivity index (χ1) is 10.1. The van der Waals surface area contributed by atoms with Gasteiger partial charge in [-0.2, -0.15) is 0 Å². The van der Waals surface area contributed by atoms with Crippen LogP contribution in [0.1, 0.15) is 19.8 Å². The highest BCUT2D eigenvalue weighted by Crippen LogP contribution is 2.20. The lowest BCUT2D eigenvalue weighted by molar-refractivity contribution is -0.142. The fraction of sp³-hybridized carbons (Fsp3) is 0.467. The minimum absolute atomic E-state index is 0.0251. The summed E-state index contributed by atoms with van der Waals surface area (Å²) in [6, 6.07) is 5.96. The van der Waals surface area contributed by atoms with Crippen molar-refractivity contribution in [3.63, 3.8) is 0 Å². The number of nitrogens with zero attached hydrogens (tertiary/aromatic N) is 1. The second-order valence-electron chi connectivity index (χ2n) is 4.96. The molecule has 1 aromatic rings. The van der Waals surface area contributed by atoms with E-state index in [0.717, 1.165) is 17.1 Å². The van der Waals surface area contributed by atoms with Crippen LogP contribution >= 0.6 is 11.8 Å². The van der Waals surface area contributed by atoms with Gasteiger partial charge in [-0.3, -0.25) is 9.59 Å². The van der Waals surface area contributed by atoms with Crippen LogP contribution in [0.2, 0.25) is 0 Å². The first kappa shape index (κ1) is 15.8. The van der Waals surface area contributed by atoms with Gasteiger partial charge in [-0.1, -0.05) is 0 Å². The highest BCUT2D eigenvalue weighted by molar-refractivity contribution is 7.99. The Hall–Kier alpha value is -1.56. The molecule has 2 rings (SSSR count). The van der Waals surface area contributed by atoms with Crippen molar-refractivity contribution in [1.29, 1.82) is 0 Å². The second kappa shape index (κ2) is 7.45. The maximum Gasteiger partial charge on any atom is 0.242 e. The van der Waals surface area contributed by atoms with Gasteiger partial charge in [0.1, 0.15) is 11.9 Å². The molecular weight excluding hydrogens is 291 g/mol. The van der Waals surface area contributed by atoms with Gasteiger partial charge in [-0.25, -0.2) is 4.39 Å². The Labute approximate surface area is 128 Å². The number of hydrogen-bond acceptors (Lipinski definition) is 3. The number of rotatable bonds is 5. The van der Waals surface area contributed by atoms with E-state index in [9.17, 15) is 14.0 Å². The van der Waals surface area contributed by atoms with Crippen molar-refractivity contribution in [2.75, 3.05) is 18.8 Å². The van der Waals surface area contributed by atoms with Gasteiger partial charge in [-0.05, 0) is 43.4 Å². The predicted molar refractivity (Wildman–Crippen MR) is 80.5 cm³/mol. The van der Waals surface area contributed by atoms with Gasteiger partial charge in [0.2, 0.25) is 11.8 Å². The molecule has 4 nitrogen and oxygen atoms in total. The fourth-order valence-corrected chi connectivity index (χ4v) is 3.06. The summed E-state index contributed by atoms with van der Waals surface area (Å²) in [6.07, 6.45) is 1.18. The molecule has 1 heterocycles. The normalized spacial score (nSPS) is 18.5. The van der Waals surface area contributed by atoms with E-state index in [4.69, 9.17) is 0 Å². The van der Waals surface area contributed by atoms with Crippen LogP contribution in [0.3, 0.4) is 0 Å². The Balaban J connectivity index is 1.71. The molecule has 0 aromatic heterocycles. The minimum Gasteiger partial charge on any atom is -0.353 e. The van der Waals surface area contributed by atoms with Crippen LogP contribution < -0.4 is 5.32 Å². The Morgan fingerprint density at radius 3 is 2.86 bits per heavy atom. The first-order valence-corrected chi connectivity index (χ1v) is 8.02. The lowest BCUT2D eigenvalue weighted by Crippen LogP contribution is -2.55. The van der Waals surface area contributed by atoms with Crippen LogP contribution in [-0.4, -0.2) is 41.6 Å². The molecule has 0 spiro atoms. The van der Waals surface area contributed by atoms with Gasteiger partial charge in [0.15, 0.2) is 0 Å². The molecule has 1 aliphatic rings. The largest absolute Gasteiger partial charge is 0.353 e. The molecule has 0 unspecified atom stereocenters. The number of carbonyl (C=O) groups is 2. The number of piperazine rings is 1. The highest BCUT2D eigenvalue weighted by Gasteiger charge is 2.28. The summed E-state index contributed by atoms with van der Waals surface area (Å²) in [7, 11) is 0. The number of halogens is 1. The average Bonchev–Trinajstić information content (AvgIpc) is 2.48. The zero-order chi connectivity index (χ0) is 15.2. The SMILES string of the molecule is C[C@@H]1C(=O)NCCN1C(=O)CCCSc1ccc(F)cc1.